The summed E-state index contributed by atoms with van der Waals surface area (Å²) in [5.41, 5.74) is 5.29. The van der Waals surface area contributed by atoms with Gasteiger partial charge < -0.3 is 20.9 Å². The molecular weight excluding hydrogens is 627 g/mol. The van der Waals surface area contributed by atoms with Crippen LogP contribution < -0.4 is 11.1 Å². The van der Waals surface area contributed by atoms with E-state index >= 15 is 8.78 Å². The Hall–Kier alpha value is -4.02. The number of primary amides is 1. The number of amides is 2. The average molecular weight is 664 g/mol. The van der Waals surface area contributed by atoms with Crippen molar-refractivity contribution >= 4 is 35.1 Å². The summed E-state index contributed by atoms with van der Waals surface area (Å²) in [6, 6.07) is 0.0404. The molecule has 0 radical (unpaired) electrons. The van der Waals surface area contributed by atoms with Crippen LogP contribution in [0.4, 0.5) is 18.0 Å². The van der Waals surface area contributed by atoms with Crippen molar-refractivity contribution < 1.29 is 37.4 Å². The van der Waals surface area contributed by atoms with Crippen LogP contribution in [0, 0.1) is 18.2 Å². The summed E-state index contributed by atoms with van der Waals surface area (Å²) in [7, 11) is 0. The Balaban J connectivity index is 1.56. The van der Waals surface area contributed by atoms with E-state index in [0.717, 1.165) is 5.01 Å². The number of nitrogens with zero attached hydrogens (tertiary/aromatic N) is 5. The van der Waals surface area contributed by atoms with E-state index in [1.807, 2.05) is 0 Å². The lowest BCUT2D eigenvalue weighted by molar-refractivity contribution is -0.148. The van der Waals surface area contributed by atoms with E-state index in [4.69, 9.17) is 15.5 Å². The van der Waals surface area contributed by atoms with Crippen molar-refractivity contribution in [1.82, 2.24) is 25.2 Å². The number of halogens is 3. The highest BCUT2D eigenvalue weighted by molar-refractivity contribution is 7.11. The molecule has 1 aromatic carbocycles. The van der Waals surface area contributed by atoms with E-state index in [0.29, 0.717) is 10.6 Å². The van der Waals surface area contributed by atoms with Crippen LogP contribution in [0.1, 0.15) is 49.4 Å². The molecule has 0 bridgehead atoms. The number of alkyl halides is 2. The largest absolute Gasteiger partial charge is 0.481 e. The van der Waals surface area contributed by atoms with Gasteiger partial charge in [0.1, 0.15) is 17.9 Å². The van der Waals surface area contributed by atoms with Crippen LogP contribution in [0.5, 0.6) is 0 Å². The molecule has 0 spiro atoms. The number of fused-ring (bicyclic) bond motifs is 1. The molecule has 3 atom stereocenters. The molecule has 4 heterocycles. The molecule has 46 heavy (non-hydrogen) atoms. The quantitative estimate of drug-likeness (QED) is 0.325. The number of rotatable bonds is 10. The fraction of sp³-hybridized carbons (Fsp3) is 0.500. The number of thiazole rings is 1. The van der Waals surface area contributed by atoms with Crippen molar-refractivity contribution in [3.8, 4) is 0 Å². The molecule has 3 unspecified atom stereocenters. The van der Waals surface area contributed by atoms with Gasteiger partial charge in [-0.05, 0) is 51.3 Å². The van der Waals surface area contributed by atoms with Crippen LogP contribution in [0.2, 0.25) is 0 Å². The number of benzene rings is 1. The number of nitrogens with two attached hydrogens (primary N) is 1. The van der Waals surface area contributed by atoms with Gasteiger partial charge in [-0.2, -0.15) is 0 Å². The summed E-state index contributed by atoms with van der Waals surface area (Å²) >= 11 is 1.27. The number of carboxylic acids is 1. The number of hydrazine groups is 1. The first kappa shape index (κ1) is 33.3. The maximum absolute atomic E-state index is 15.9. The zero-order chi connectivity index (χ0) is 33.6. The first-order valence-electron chi connectivity index (χ1n) is 14.7. The number of esters is 1. The number of nitrogens with one attached hydrogen (secondary N) is 1. The third kappa shape index (κ3) is 6.20. The van der Waals surface area contributed by atoms with Gasteiger partial charge in [-0.15, -0.1) is 11.3 Å². The van der Waals surface area contributed by atoms with Crippen molar-refractivity contribution in [2.24, 2.45) is 16.1 Å². The molecule has 12 nitrogen and oxygen atoms in total. The molecule has 0 aliphatic carbocycles. The maximum atomic E-state index is 15.9. The molecule has 16 heteroatoms. The van der Waals surface area contributed by atoms with Crippen molar-refractivity contribution in [1.29, 1.82) is 0 Å². The SMILES string of the molecule is CCOC(=O)C1=C(CN2CC(F)(F)C3C2CN(C(N)=O)N3CCC(C)(C)C(=O)O)NC(c2nccs2)=NC1c1cccc(F)c1C. The van der Waals surface area contributed by atoms with Gasteiger partial charge in [0.15, 0.2) is 10.8 Å². The molecule has 2 saturated heterocycles. The molecule has 0 saturated carbocycles. The Bertz CT molecular complexity index is 1580. The zero-order valence-electron chi connectivity index (χ0n) is 25.8. The maximum Gasteiger partial charge on any atom is 0.338 e. The number of hydrogen-bond acceptors (Lipinski definition) is 10. The summed E-state index contributed by atoms with van der Waals surface area (Å²) in [6.07, 6.45) is 1.55. The second-order valence-corrected chi connectivity index (χ2v) is 13.0. The molecular formula is C30H36F3N7O5S. The Morgan fingerprint density at radius 3 is 2.65 bits per heavy atom. The van der Waals surface area contributed by atoms with Crippen molar-refractivity contribution in [3.05, 3.63) is 63.0 Å². The topological polar surface area (TPSA) is 154 Å². The van der Waals surface area contributed by atoms with E-state index in [-0.39, 0.29) is 55.3 Å². The van der Waals surface area contributed by atoms with Gasteiger partial charge in [0.05, 0.1) is 36.7 Å². The highest BCUT2D eigenvalue weighted by Crippen LogP contribution is 2.43. The summed E-state index contributed by atoms with van der Waals surface area (Å²) in [5, 5.41) is 17.1. The highest BCUT2D eigenvalue weighted by atomic mass is 32.1. The number of carboxylic acid groups (broad SMARTS) is 1. The van der Waals surface area contributed by atoms with Gasteiger partial charge in [0, 0.05) is 30.4 Å². The summed E-state index contributed by atoms with van der Waals surface area (Å²) in [4.78, 5) is 48.2. The minimum atomic E-state index is -3.34. The number of hydrogen-bond donors (Lipinski definition) is 3. The summed E-state index contributed by atoms with van der Waals surface area (Å²) < 4.78 is 52.0. The van der Waals surface area contributed by atoms with Gasteiger partial charge in [-0.25, -0.2) is 32.8 Å². The Labute approximate surface area is 267 Å². The highest BCUT2D eigenvalue weighted by Gasteiger charge is 2.62. The van der Waals surface area contributed by atoms with Gasteiger partial charge in [-0.1, -0.05) is 12.1 Å². The molecule has 3 aliphatic heterocycles. The number of carbonyl (C=O) groups excluding carboxylic acids is 2. The number of amidine groups is 1. The minimum Gasteiger partial charge on any atom is -0.481 e. The third-order valence-corrected chi connectivity index (χ3v) is 9.47. The number of aliphatic imine (C=N–C) groups is 1. The molecule has 3 aliphatic rings. The van der Waals surface area contributed by atoms with Crippen LogP contribution in [0.25, 0.3) is 0 Å². The van der Waals surface area contributed by atoms with E-state index < -0.39 is 59.8 Å². The van der Waals surface area contributed by atoms with Gasteiger partial charge >= 0.3 is 18.0 Å². The predicted octanol–water partition coefficient (Wildman–Crippen LogP) is 3.30. The monoisotopic (exact) mass is 663 g/mol. The van der Waals surface area contributed by atoms with E-state index in [2.05, 4.69) is 10.3 Å². The van der Waals surface area contributed by atoms with Gasteiger partial charge in [0.2, 0.25) is 0 Å². The number of aliphatic carboxylic acids is 1. The lowest BCUT2D eigenvalue weighted by atomic mass is 9.89. The fourth-order valence-electron chi connectivity index (χ4n) is 6.14. The third-order valence-electron chi connectivity index (χ3n) is 8.69. The number of ether oxygens (including phenoxy) is 1. The Kier molecular flexibility index (Phi) is 9.16. The van der Waals surface area contributed by atoms with Crippen LogP contribution in [-0.2, 0) is 14.3 Å². The summed E-state index contributed by atoms with van der Waals surface area (Å²) in [5.74, 6) is -5.41. The Morgan fingerprint density at radius 1 is 1.28 bits per heavy atom. The van der Waals surface area contributed by atoms with Crippen molar-refractivity contribution in [3.63, 3.8) is 0 Å². The number of carbonyl (C=O) groups is 3. The predicted molar refractivity (Wildman–Crippen MR) is 162 cm³/mol. The van der Waals surface area contributed by atoms with Crippen LogP contribution in [0.15, 0.2) is 46.0 Å². The summed E-state index contributed by atoms with van der Waals surface area (Å²) in [6.45, 7) is 4.92. The first-order valence-corrected chi connectivity index (χ1v) is 15.6. The van der Waals surface area contributed by atoms with Crippen molar-refractivity contribution in [2.45, 2.75) is 58.2 Å². The van der Waals surface area contributed by atoms with Crippen molar-refractivity contribution in [2.75, 3.05) is 32.8 Å². The van der Waals surface area contributed by atoms with Crippen LogP contribution in [-0.4, -0.2) is 99.6 Å². The average Bonchev–Trinajstić information content (AvgIpc) is 3.71. The standard InChI is InChI=1S/C30H36F3N7O5S/c1-5-45-26(41)21-19(36-24(25-35-10-12-46-25)37-22(21)17-7-6-8-18(31)16(17)2)13-38-15-30(32,33)23-20(38)14-40(28(34)44)39(23)11-9-29(3,4)27(42)43/h6-8,10,12,20,22-23H,5,9,11,13-15H2,1-4H3,(H2,34,44)(H,36,37)(H,42,43). The lowest BCUT2D eigenvalue weighted by Gasteiger charge is -2.34. The molecule has 2 amide bonds. The minimum absolute atomic E-state index is 0.0204. The van der Waals surface area contributed by atoms with E-state index in [1.54, 1.807) is 31.5 Å². The van der Waals surface area contributed by atoms with Gasteiger partial charge in [0.25, 0.3) is 5.92 Å². The number of likely N-dealkylation sites (tertiary alicyclic amines) is 1. The molecule has 248 valence electrons. The smallest absolute Gasteiger partial charge is 0.338 e. The van der Waals surface area contributed by atoms with E-state index in [1.165, 1.54) is 47.2 Å². The zero-order valence-corrected chi connectivity index (χ0v) is 26.6. The molecule has 4 N–H and O–H groups in total. The lowest BCUT2D eigenvalue weighted by Crippen LogP contribution is -2.53. The number of urea groups is 1. The second-order valence-electron chi connectivity index (χ2n) is 12.1. The molecule has 5 rings (SSSR count). The second kappa shape index (κ2) is 12.6. The Morgan fingerprint density at radius 2 is 2.02 bits per heavy atom. The number of aromatic nitrogens is 1. The van der Waals surface area contributed by atoms with E-state index in [9.17, 15) is 23.9 Å². The van der Waals surface area contributed by atoms with Crippen LogP contribution >= 0.6 is 11.3 Å². The van der Waals surface area contributed by atoms with Gasteiger partial charge in [-0.3, -0.25) is 19.7 Å². The molecule has 1 aromatic heterocycles. The first-order chi connectivity index (χ1) is 21.7. The van der Waals surface area contributed by atoms with Crippen LogP contribution in [0.3, 0.4) is 0 Å². The molecule has 2 fully saturated rings. The molecule has 2 aromatic rings. The normalized spacial score (nSPS) is 23.2. The fourth-order valence-corrected chi connectivity index (χ4v) is 6.73.